The van der Waals surface area contributed by atoms with E-state index in [0.29, 0.717) is 42.6 Å². The third-order valence-electron chi connectivity index (χ3n) is 5.51. The lowest BCUT2D eigenvalue weighted by Crippen LogP contribution is -2.49. The van der Waals surface area contributed by atoms with Gasteiger partial charge < -0.3 is 9.80 Å². The van der Waals surface area contributed by atoms with Crippen molar-refractivity contribution in [1.82, 2.24) is 24.6 Å². The second-order valence-corrected chi connectivity index (χ2v) is 8.80. The number of aromatic nitrogens is 4. The van der Waals surface area contributed by atoms with E-state index in [4.69, 9.17) is 0 Å². The fourth-order valence-electron chi connectivity index (χ4n) is 3.86. The van der Waals surface area contributed by atoms with E-state index in [9.17, 15) is 9.59 Å². The summed E-state index contributed by atoms with van der Waals surface area (Å²) < 4.78 is 1.40. The first kappa shape index (κ1) is 19.6. The number of carbonyl (C=O) groups is 1. The van der Waals surface area contributed by atoms with Crippen molar-refractivity contribution in [2.75, 3.05) is 31.1 Å². The largest absolute Gasteiger partial charge is 0.344 e. The maximum absolute atomic E-state index is 13.4. The van der Waals surface area contributed by atoms with Gasteiger partial charge >= 0.3 is 0 Å². The molecule has 0 spiro atoms. The number of fused-ring (bicyclic) bond motifs is 2. The van der Waals surface area contributed by atoms with E-state index in [0.717, 1.165) is 15.5 Å². The zero-order chi connectivity index (χ0) is 21.5. The van der Waals surface area contributed by atoms with Crippen LogP contribution in [0.25, 0.3) is 21.1 Å². The summed E-state index contributed by atoms with van der Waals surface area (Å²) in [4.78, 5) is 40.1. The minimum absolute atomic E-state index is 0.131. The van der Waals surface area contributed by atoms with Crippen LogP contribution in [0.4, 0.5) is 5.13 Å². The Labute approximate surface area is 182 Å². The summed E-state index contributed by atoms with van der Waals surface area (Å²) in [6.45, 7) is 6.30. The van der Waals surface area contributed by atoms with Crippen LogP contribution >= 0.6 is 11.3 Å². The summed E-state index contributed by atoms with van der Waals surface area (Å²) in [7, 11) is 0. The third-order valence-corrected chi connectivity index (χ3v) is 6.55. The predicted molar refractivity (Wildman–Crippen MR) is 122 cm³/mol. The van der Waals surface area contributed by atoms with Crippen molar-refractivity contribution in [2.24, 2.45) is 0 Å². The number of hydrogen-bond acceptors (Lipinski definition) is 7. The van der Waals surface area contributed by atoms with Gasteiger partial charge in [0, 0.05) is 37.8 Å². The number of carbonyl (C=O) groups excluding carboxylic acids is 1. The van der Waals surface area contributed by atoms with E-state index in [2.05, 4.69) is 20.0 Å². The highest BCUT2D eigenvalue weighted by atomic mass is 32.1. The molecule has 1 aliphatic heterocycles. The molecular formula is C22H22N6O2S. The first-order valence-electron chi connectivity index (χ1n) is 10.3. The second kappa shape index (κ2) is 7.73. The van der Waals surface area contributed by atoms with Gasteiger partial charge in [-0.2, -0.15) is 5.10 Å². The van der Waals surface area contributed by atoms with Crippen molar-refractivity contribution in [3.8, 4) is 0 Å². The van der Waals surface area contributed by atoms with E-state index in [1.807, 2.05) is 43.0 Å². The van der Waals surface area contributed by atoms with Gasteiger partial charge in [0.2, 0.25) is 0 Å². The normalized spacial score (nSPS) is 14.7. The quantitative estimate of drug-likeness (QED) is 0.493. The van der Waals surface area contributed by atoms with Crippen molar-refractivity contribution in [3.05, 3.63) is 58.6 Å². The number of amides is 1. The Morgan fingerprint density at radius 3 is 2.48 bits per heavy atom. The molecule has 1 aliphatic rings. The first-order chi connectivity index (χ1) is 15.0. The van der Waals surface area contributed by atoms with E-state index in [1.54, 1.807) is 29.7 Å². The standard InChI is InChI=1S/C22H22N6O2S/c1-14(2)28-20(29)16-7-4-3-6-15(16)18(25-28)21(30)26-10-12-27(13-11-26)22-24-17-8-5-9-23-19(17)31-22/h3-9,14H,10-13H2,1-2H3. The molecular weight excluding hydrogens is 412 g/mol. The molecule has 8 nitrogen and oxygen atoms in total. The van der Waals surface area contributed by atoms with Gasteiger partial charge in [0.05, 0.1) is 11.4 Å². The molecule has 3 aromatic heterocycles. The molecule has 1 saturated heterocycles. The number of benzene rings is 1. The van der Waals surface area contributed by atoms with Crippen LogP contribution in [-0.4, -0.2) is 56.7 Å². The van der Waals surface area contributed by atoms with Gasteiger partial charge in [-0.15, -0.1) is 0 Å². The van der Waals surface area contributed by atoms with Gasteiger partial charge in [0.25, 0.3) is 11.5 Å². The minimum atomic E-state index is -0.170. The van der Waals surface area contributed by atoms with Gasteiger partial charge in [0.15, 0.2) is 10.8 Å². The highest BCUT2D eigenvalue weighted by Gasteiger charge is 2.27. The van der Waals surface area contributed by atoms with E-state index in [1.165, 1.54) is 4.68 Å². The Hall–Kier alpha value is -3.33. The van der Waals surface area contributed by atoms with Gasteiger partial charge in [-0.1, -0.05) is 29.5 Å². The van der Waals surface area contributed by atoms with Gasteiger partial charge in [0.1, 0.15) is 10.3 Å². The smallest absolute Gasteiger partial charge is 0.275 e. The molecule has 158 valence electrons. The molecule has 0 atom stereocenters. The van der Waals surface area contributed by atoms with E-state index < -0.39 is 0 Å². The molecule has 0 saturated carbocycles. The van der Waals surface area contributed by atoms with Crippen LogP contribution in [0, 0.1) is 0 Å². The molecule has 1 aromatic carbocycles. The molecule has 9 heteroatoms. The predicted octanol–water partition coefficient (Wildman–Crippen LogP) is 2.94. The Kier molecular flexibility index (Phi) is 4.90. The summed E-state index contributed by atoms with van der Waals surface area (Å²) >= 11 is 1.57. The van der Waals surface area contributed by atoms with Crippen LogP contribution in [0.2, 0.25) is 0 Å². The molecule has 4 aromatic rings. The number of thiazole rings is 1. The second-order valence-electron chi connectivity index (χ2n) is 7.84. The summed E-state index contributed by atoms with van der Waals surface area (Å²) in [5, 5.41) is 6.52. The Bertz CT molecular complexity index is 1300. The number of pyridine rings is 1. The molecule has 1 amide bonds. The van der Waals surface area contributed by atoms with Gasteiger partial charge in [-0.05, 0) is 32.0 Å². The van der Waals surface area contributed by atoms with Crippen molar-refractivity contribution in [2.45, 2.75) is 19.9 Å². The summed E-state index contributed by atoms with van der Waals surface area (Å²) in [6.07, 6.45) is 1.77. The Morgan fingerprint density at radius 1 is 1.03 bits per heavy atom. The lowest BCUT2D eigenvalue weighted by atomic mass is 10.1. The average Bonchev–Trinajstić information content (AvgIpc) is 3.23. The molecule has 0 radical (unpaired) electrons. The highest BCUT2D eigenvalue weighted by molar-refractivity contribution is 7.21. The summed E-state index contributed by atoms with van der Waals surface area (Å²) in [5.74, 6) is -0.142. The maximum Gasteiger partial charge on any atom is 0.275 e. The lowest BCUT2D eigenvalue weighted by Gasteiger charge is -2.34. The number of hydrogen-bond donors (Lipinski definition) is 0. The Balaban J connectivity index is 1.41. The molecule has 1 fully saturated rings. The topological polar surface area (TPSA) is 84.2 Å². The maximum atomic E-state index is 13.4. The van der Waals surface area contributed by atoms with Gasteiger partial charge in [-0.3, -0.25) is 9.59 Å². The monoisotopic (exact) mass is 434 g/mol. The van der Waals surface area contributed by atoms with Crippen LogP contribution < -0.4 is 10.5 Å². The SMILES string of the molecule is CC(C)n1nc(C(=O)N2CCN(c3nc4cccnc4s3)CC2)c2ccccc2c1=O. The fourth-order valence-corrected chi connectivity index (χ4v) is 4.82. The molecule has 5 rings (SSSR count). The zero-order valence-corrected chi connectivity index (χ0v) is 18.2. The highest BCUT2D eigenvalue weighted by Crippen LogP contribution is 2.28. The average molecular weight is 435 g/mol. The van der Waals surface area contributed by atoms with Crippen LogP contribution in [0.1, 0.15) is 30.4 Å². The number of piperazine rings is 1. The van der Waals surface area contributed by atoms with Gasteiger partial charge in [-0.25, -0.2) is 14.6 Å². The van der Waals surface area contributed by atoms with Crippen LogP contribution in [-0.2, 0) is 0 Å². The first-order valence-corrected chi connectivity index (χ1v) is 11.1. The zero-order valence-electron chi connectivity index (χ0n) is 17.4. The van der Waals surface area contributed by atoms with Crippen LogP contribution in [0.5, 0.6) is 0 Å². The van der Waals surface area contributed by atoms with Crippen molar-refractivity contribution in [1.29, 1.82) is 0 Å². The van der Waals surface area contributed by atoms with Crippen molar-refractivity contribution in [3.63, 3.8) is 0 Å². The number of nitrogens with zero attached hydrogens (tertiary/aromatic N) is 6. The molecule has 0 N–H and O–H groups in total. The Morgan fingerprint density at radius 2 is 1.77 bits per heavy atom. The van der Waals surface area contributed by atoms with Crippen LogP contribution in [0.3, 0.4) is 0 Å². The molecule has 31 heavy (non-hydrogen) atoms. The molecule has 0 unspecified atom stereocenters. The van der Waals surface area contributed by atoms with E-state index >= 15 is 0 Å². The summed E-state index contributed by atoms with van der Waals surface area (Å²) in [6, 6.07) is 10.9. The molecule has 0 aliphatic carbocycles. The molecule has 4 heterocycles. The number of anilines is 1. The third kappa shape index (κ3) is 3.44. The van der Waals surface area contributed by atoms with E-state index in [-0.39, 0.29) is 17.5 Å². The van der Waals surface area contributed by atoms with Crippen molar-refractivity contribution >= 4 is 43.5 Å². The summed E-state index contributed by atoms with van der Waals surface area (Å²) in [5.41, 5.74) is 1.06. The lowest BCUT2D eigenvalue weighted by molar-refractivity contribution is 0.0740. The minimum Gasteiger partial charge on any atom is -0.344 e. The van der Waals surface area contributed by atoms with Crippen molar-refractivity contribution < 1.29 is 4.79 Å². The fraction of sp³-hybridized carbons (Fsp3) is 0.318. The van der Waals surface area contributed by atoms with Crippen LogP contribution in [0.15, 0.2) is 47.4 Å². The molecule has 0 bridgehead atoms. The number of rotatable bonds is 3.